The maximum Gasteiger partial charge on any atom is 0.123 e. The molecule has 1 heterocycles. The van der Waals surface area contributed by atoms with Crippen LogP contribution in [0.1, 0.15) is 30.7 Å². The minimum Gasteiger partial charge on any atom is -0.271 e. The first-order chi connectivity index (χ1) is 9.54. The second-order valence-corrected chi connectivity index (χ2v) is 6.60. The van der Waals surface area contributed by atoms with E-state index in [0.717, 1.165) is 18.4 Å². The van der Waals surface area contributed by atoms with E-state index in [1.807, 2.05) is 12.1 Å². The van der Waals surface area contributed by atoms with Crippen LogP contribution in [0.3, 0.4) is 0 Å². The molecule has 0 bridgehead atoms. The van der Waals surface area contributed by atoms with E-state index in [1.54, 1.807) is 11.3 Å². The molecule has 0 spiro atoms. The Morgan fingerprint density at radius 3 is 2.50 bits per heavy atom. The fraction of sp³-hybridized carbons (Fsp3) is 0.375. The van der Waals surface area contributed by atoms with Gasteiger partial charge >= 0.3 is 0 Å². The summed E-state index contributed by atoms with van der Waals surface area (Å²) in [5.74, 6) is 5.54. The standard InChI is InChI=1S/C16H21FN2S/c1-16(2,12-5-7-13(17)8-6-12)15(19-18)10-9-14-4-3-11-20-14/h3-8,11,15,19H,9-10,18H2,1-2H3. The van der Waals surface area contributed by atoms with Crippen LogP contribution in [-0.4, -0.2) is 6.04 Å². The third-order valence-electron chi connectivity index (χ3n) is 3.92. The number of hydrazine groups is 1. The largest absolute Gasteiger partial charge is 0.271 e. The first-order valence-electron chi connectivity index (χ1n) is 6.78. The predicted molar refractivity (Wildman–Crippen MR) is 83.2 cm³/mol. The molecule has 0 saturated heterocycles. The summed E-state index contributed by atoms with van der Waals surface area (Å²) in [4.78, 5) is 1.36. The lowest BCUT2D eigenvalue weighted by molar-refractivity contribution is 0.326. The second kappa shape index (κ2) is 6.48. The van der Waals surface area contributed by atoms with Crippen LogP contribution in [0.15, 0.2) is 41.8 Å². The van der Waals surface area contributed by atoms with E-state index in [2.05, 4.69) is 36.8 Å². The summed E-state index contributed by atoms with van der Waals surface area (Å²) < 4.78 is 13.1. The van der Waals surface area contributed by atoms with Crippen LogP contribution < -0.4 is 11.3 Å². The molecule has 0 fully saturated rings. The maximum atomic E-state index is 13.1. The van der Waals surface area contributed by atoms with Crippen LogP contribution in [0.5, 0.6) is 0 Å². The molecule has 2 nitrogen and oxygen atoms in total. The van der Waals surface area contributed by atoms with Crippen molar-refractivity contribution in [2.24, 2.45) is 5.84 Å². The van der Waals surface area contributed by atoms with E-state index in [-0.39, 0.29) is 17.3 Å². The van der Waals surface area contributed by atoms with Gasteiger partial charge in [-0.05, 0) is 42.0 Å². The number of benzene rings is 1. The zero-order chi connectivity index (χ0) is 14.6. The SMILES string of the molecule is CC(C)(c1ccc(F)cc1)C(CCc1cccs1)NN. The highest BCUT2D eigenvalue weighted by atomic mass is 32.1. The number of halogens is 1. The molecule has 1 aromatic heterocycles. The molecule has 1 atom stereocenters. The van der Waals surface area contributed by atoms with Crippen molar-refractivity contribution in [3.05, 3.63) is 58.0 Å². The average Bonchev–Trinajstić information content (AvgIpc) is 2.93. The number of nitrogens with two attached hydrogens (primary N) is 1. The van der Waals surface area contributed by atoms with Crippen molar-refractivity contribution in [1.29, 1.82) is 0 Å². The van der Waals surface area contributed by atoms with Gasteiger partial charge in [-0.3, -0.25) is 11.3 Å². The number of nitrogens with one attached hydrogen (secondary N) is 1. The Labute approximate surface area is 123 Å². The minimum atomic E-state index is -0.208. The molecule has 3 N–H and O–H groups in total. The van der Waals surface area contributed by atoms with Gasteiger partial charge in [0.15, 0.2) is 0 Å². The van der Waals surface area contributed by atoms with E-state index in [9.17, 15) is 4.39 Å². The van der Waals surface area contributed by atoms with Crippen molar-refractivity contribution < 1.29 is 4.39 Å². The van der Waals surface area contributed by atoms with Gasteiger partial charge in [0, 0.05) is 16.3 Å². The fourth-order valence-electron chi connectivity index (χ4n) is 2.47. The summed E-state index contributed by atoms with van der Waals surface area (Å²) in [6.45, 7) is 4.28. The summed E-state index contributed by atoms with van der Waals surface area (Å²) in [6, 6.07) is 11.0. The van der Waals surface area contributed by atoms with Crippen LogP contribution >= 0.6 is 11.3 Å². The van der Waals surface area contributed by atoms with E-state index < -0.39 is 0 Å². The summed E-state index contributed by atoms with van der Waals surface area (Å²) in [7, 11) is 0. The number of aryl methyl sites for hydroxylation is 1. The first-order valence-corrected chi connectivity index (χ1v) is 7.66. The molecule has 0 amide bonds. The van der Waals surface area contributed by atoms with Crippen LogP contribution in [0.4, 0.5) is 4.39 Å². The minimum absolute atomic E-state index is 0.134. The zero-order valence-electron chi connectivity index (χ0n) is 11.9. The highest BCUT2D eigenvalue weighted by molar-refractivity contribution is 7.09. The normalized spacial score (nSPS) is 13.4. The Morgan fingerprint density at radius 2 is 1.95 bits per heavy atom. The first kappa shape index (κ1) is 15.2. The zero-order valence-corrected chi connectivity index (χ0v) is 12.7. The highest BCUT2D eigenvalue weighted by Crippen LogP contribution is 2.29. The Balaban J connectivity index is 2.10. The van der Waals surface area contributed by atoms with Gasteiger partial charge in [0.25, 0.3) is 0 Å². The van der Waals surface area contributed by atoms with E-state index >= 15 is 0 Å². The Hall–Kier alpha value is -1.23. The summed E-state index contributed by atoms with van der Waals surface area (Å²) in [5, 5.41) is 2.09. The predicted octanol–water partition coefficient (Wildman–Crippen LogP) is 3.63. The van der Waals surface area contributed by atoms with Crippen LogP contribution in [0.25, 0.3) is 0 Å². The Bertz CT molecular complexity index is 520. The van der Waals surface area contributed by atoms with Crippen molar-refractivity contribution in [2.75, 3.05) is 0 Å². The molecule has 4 heteroatoms. The quantitative estimate of drug-likeness (QED) is 0.630. The Morgan fingerprint density at radius 1 is 1.25 bits per heavy atom. The number of hydrogen-bond donors (Lipinski definition) is 2. The van der Waals surface area contributed by atoms with Crippen LogP contribution in [-0.2, 0) is 11.8 Å². The molecule has 1 unspecified atom stereocenters. The summed E-state index contributed by atoms with van der Waals surface area (Å²) in [5.41, 5.74) is 3.87. The molecule has 108 valence electrons. The van der Waals surface area contributed by atoms with Gasteiger partial charge < -0.3 is 0 Å². The van der Waals surface area contributed by atoms with Crippen molar-refractivity contribution >= 4 is 11.3 Å². The summed E-state index contributed by atoms with van der Waals surface area (Å²) in [6.07, 6.45) is 1.94. The summed E-state index contributed by atoms with van der Waals surface area (Å²) >= 11 is 1.77. The number of rotatable bonds is 6. The topological polar surface area (TPSA) is 38.0 Å². The molecule has 0 aliphatic heterocycles. The monoisotopic (exact) mass is 292 g/mol. The van der Waals surface area contributed by atoms with Crippen molar-refractivity contribution in [1.82, 2.24) is 5.43 Å². The molecule has 0 aliphatic rings. The molecule has 0 radical (unpaired) electrons. The lowest BCUT2D eigenvalue weighted by atomic mass is 9.76. The van der Waals surface area contributed by atoms with Gasteiger partial charge in [0.05, 0.1) is 0 Å². The third kappa shape index (κ3) is 3.45. The van der Waals surface area contributed by atoms with Gasteiger partial charge in [-0.25, -0.2) is 4.39 Å². The van der Waals surface area contributed by atoms with Crippen LogP contribution in [0.2, 0.25) is 0 Å². The molecule has 2 rings (SSSR count). The molecule has 1 aromatic carbocycles. The molecular weight excluding hydrogens is 271 g/mol. The lowest BCUT2D eigenvalue weighted by Crippen LogP contribution is -2.48. The van der Waals surface area contributed by atoms with Gasteiger partial charge in [-0.2, -0.15) is 0 Å². The maximum absolute atomic E-state index is 13.1. The average molecular weight is 292 g/mol. The van der Waals surface area contributed by atoms with Gasteiger partial charge in [0.2, 0.25) is 0 Å². The third-order valence-corrected chi connectivity index (χ3v) is 4.86. The second-order valence-electron chi connectivity index (χ2n) is 5.57. The van der Waals surface area contributed by atoms with E-state index in [1.165, 1.54) is 17.0 Å². The lowest BCUT2D eigenvalue weighted by Gasteiger charge is -2.34. The van der Waals surface area contributed by atoms with Crippen molar-refractivity contribution in [2.45, 2.75) is 38.1 Å². The van der Waals surface area contributed by atoms with E-state index in [0.29, 0.717) is 0 Å². The van der Waals surface area contributed by atoms with Gasteiger partial charge in [-0.15, -0.1) is 11.3 Å². The number of hydrogen-bond acceptors (Lipinski definition) is 3. The van der Waals surface area contributed by atoms with Gasteiger partial charge in [-0.1, -0.05) is 32.0 Å². The smallest absolute Gasteiger partial charge is 0.123 e. The van der Waals surface area contributed by atoms with Gasteiger partial charge in [0.1, 0.15) is 5.82 Å². The highest BCUT2D eigenvalue weighted by Gasteiger charge is 2.30. The van der Waals surface area contributed by atoms with Crippen molar-refractivity contribution in [3.8, 4) is 0 Å². The molecule has 0 aliphatic carbocycles. The Kier molecular flexibility index (Phi) is 4.91. The number of thiophene rings is 1. The van der Waals surface area contributed by atoms with Crippen LogP contribution in [0, 0.1) is 5.82 Å². The molecule has 20 heavy (non-hydrogen) atoms. The fourth-order valence-corrected chi connectivity index (χ4v) is 3.20. The molecular formula is C16H21FN2S. The van der Waals surface area contributed by atoms with E-state index in [4.69, 9.17) is 5.84 Å². The molecule has 0 saturated carbocycles. The van der Waals surface area contributed by atoms with Crippen molar-refractivity contribution in [3.63, 3.8) is 0 Å². The molecule has 2 aromatic rings.